The molecule has 0 bridgehead atoms. The molecule has 0 saturated carbocycles. The molecule has 2 aromatic carbocycles. The lowest BCUT2D eigenvalue weighted by molar-refractivity contribution is 0.340. The van der Waals surface area contributed by atoms with Gasteiger partial charge in [-0.05, 0) is 31.2 Å². The van der Waals surface area contributed by atoms with Crippen LogP contribution in [0.4, 0.5) is 11.4 Å². The topological polar surface area (TPSA) is 15.7 Å². The maximum absolute atomic E-state index is 5.75. The standard InChI is InChI=1S/C18H22N2O/c1-2-21-18-11-7-6-10-17(18)20-14-12-19(13-15-20)16-8-4-3-5-9-16/h3-11H,2,12-15H2,1H3. The van der Waals surface area contributed by atoms with Crippen molar-refractivity contribution in [2.75, 3.05) is 42.6 Å². The van der Waals surface area contributed by atoms with Gasteiger partial charge in [-0.2, -0.15) is 0 Å². The summed E-state index contributed by atoms with van der Waals surface area (Å²) in [5.41, 5.74) is 2.53. The van der Waals surface area contributed by atoms with Crippen molar-refractivity contribution >= 4 is 11.4 Å². The van der Waals surface area contributed by atoms with Gasteiger partial charge in [0.1, 0.15) is 5.75 Å². The normalized spacial score (nSPS) is 15.1. The van der Waals surface area contributed by atoms with Crippen LogP contribution < -0.4 is 14.5 Å². The van der Waals surface area contributed by atoms with Crippen LogP contribution in [0.25, 0.3) is 0 Å². The number of rotatable bonds is 4. The van der Waals surface area contributed by atoms with Crippen molar-refractivity contribution in [2.45, 2.75) is 6.92 Å². The summed E-state index contributed by atoms with van der Waals surface area (Å²) in [6.45, 7) is 6.89. The van der Waals surface area contributed by atoms with Gasteiger partial charge >= 0.3 is 0 Å². The summed E-state index contributed by atoms with van der Waals surface area (Å²) in [4.78, 5) is 4.87. The van der Waals surface area contributed by atoms with E-state index in [-0.39, 0.29) is 0 Å². The Morgan fingerprint density at radius 1 is 0.810 bits per heavy atom. The second kappa shape index (κ2) is 6.53. The SMILES string of the molecule is CCOc1ccccc1N1CCN(c2ccccc2)CC1. The predicted octanol–water partition coefficient (Wildman–Crippen LogP) is 3.41. The summed E-state index contributed by atoms with van der Waals surface area (Å²) in [6, 6.07) is 19.0. The van der Waals surface area contributed by atoms with E-state index in [1.807, 2.05) is 13.0 Å². The highest BCUT2D eigenvalue weighted by molar-refractivity contribution is 5.60. The molecular formula is C18H22N2O. The fourth-order valence-electron chi connectivity index (χ4n) is 2.84. The largest absolute Gasteiger partial charge is 0.492 e. The highest BCUT2D eigenvalue weighted by Gasteiger charge is 2.19. The molecule has 1 heterocycles. The van der Waals surface area contributed by atoms with Gasteiger partial charge in [0.05, 0.1) is 12.3 Å². The molecule has 3 nitrogen and oxygen atoms in total. The minimum absolute atomic E-state index is 0.709. The molecule has 0 aliphatic carbocycles. The van der Waals surface area contributed by atoms with E-state index >= 15 is 0 Å². The van der Waals surface area contributed by atoms with Crippen molar-refractivity contribution in [1.29, 1.82) is 0 Å². The molecule has 0 N–H and O–H groups in total. The number of piperazine rings is 1. The first-order chi connectivity index (χ1) is 10.4. The van der Waals surface area contributed by atoms with Gasteiger partial charge in [-0.1, -0.05) is 30.3 Å². The lowest BCUT2D eigenvalue weighted by Crippen LogP contribution is -2.46. The second-order valence-electron chi connectivity index (χ2n) is 5.21. The maximum atomic E-state index is 5.75. The van der Waals surface area contributed by atoms with Crippen LogP contribution in [0.5, 0.6) is 5.75 Å². The zero-order valence-corrected chi connectivity index (χ0v) is 12.5. The number of hydrogen-bond acceptors (Lipinski definition) is 3. The van der Waals surface area contributed by atoms with Crippen LogP contribution in [0.2, 0.25) is 0 Å². The van der Waals surface area contributed by atoms with Crippen molar-refractivity contribution in [3.05, 3.63) is 54.6 Å². The molecule has 21 heavy (non-hydrogen) atoms. The van der Waals surface area contributed by atoms with Crippen LogP contribution in [0.3, 0.4) is 0 Å². The van der Waals surface area contributed by atoms with Gasteiger partial charge in [-0.3, -0.25) is 0 Å². The summed E-state index contributed by atoms with van der Waals surface area (Å²) in [5.74, 6) is 0.994. The van der Waals surface area contributed by atoms with Gasteiger partial charge in [-0.15, -0.1) is 0 Å². The van der Waals surface area contributed by atoms with Crippen molar-refractivity contribution in [2.24, 2.45) is 0 Å². The van der Waals surface area contributed by atoms with E-state index in [0.29, 0.717) is 6.61 Å². The third-order valence-electron chi connectivity index (χ3n) is 3.91. The van der Waals surface area contributed by atoms with Gasteiger partial charge in [0, 0.05) is 31.9 Å². The zero-order valence-electron chi connectivity index (χ0n) is 12.5. The first-order valence-corrected chi connectivity index (χ1v) is 7.65. The van der Waals surface area contributed by atoms with Gasteiger partial charge in [-0.25, -0.2) is 0 Å². The third-order valence-corrected chi connectivity index (χ3v) is 3.91. The van der Waals surface area contributed by atoms with Crippen molar-refractivity contribution in [3.63, 3.8) is 0 Å². The van der Waals surface area contributed by atoms with Crippen LogP contribution >= 0.6 is 0 Å². The summed E-state index contributed by atoms with van der Waals surface area (Å²) in [5, 5.41) is 0. The lowest BCUT2D eigenvalue weighted by atomic mass is 10.2. The monoisotopic (exact) mass is 282 g/mol. The molecule has 0 spiro atoms. The Hall–Kier alpha value is -2.16. The molecule has 1 fully saturated rings. The predicted molar refractivity (Wildman–Crippen MR) is 88.5 cm³/mol. The highest BCUT2D eigenvalue weighted by Crippen LogP contribution is 2.29. The van der Waals surface area contributed by atoms with Crippen LogP contribution in [0.15, 0.2) is 54.6 Å². The van der Waals surface area contributed by atoms with Crippen LogP contribution in [0, 0.1) is 0 Å². The van der Waals surface area contributed by atoms with Crippen LogP contribution in [-0.2, 0) is 0 Å². The molecule has 0 unspecified atom stereocenters. The highest BCUT2D eigenvalue weighted by atomic mass is 16.5. The van der Waals surface area contributed by atoms with E-state index in [1.165, 1.54) is 11.4 Å². The van der Waals surface area contributed by atoms with Gasteiger partial charge in [0.15, 0.2) is 0 Å². The molecule has 0 radical (unpaired) electrons. The number of para-hydroxylation sites is 3. The van der Waals surface area contributed by atoms with Crippen molar-refractivity contribution in [1.82, 2.24) is 0 Å². The molecule has 1 saturated heterocycles. The first-order valence-electron chi connectivity index (χ1n) is 7.65. The summed E-state index contributed by atoms with van der Waals surface area (Å²) >= 11 is 0. The Balaban J connectivity index is 1.69. The molecular weight excluding hydrogens is 260 g/mol. The van der Waals surface area contributed by atoms with Crippen molar-refractivity contribution < 1.29 is 4.74 Å². The Kier molecular flexibility index (Phi) is 4.29. The Labute approximate surface area is 126 Å². The first kappa shape index (κ1) is 13.8. The number of nitrogens with zero attached hydrogens (tertiary/aromatic N) is 2. The minimum Gasteiger partial charge on any atom is -0.492 e. The Bertz CT molecular complexity index is 562. The van der Waals surface area contributed by atoms with E-state index in [4.69, 9.17) is 4.74 Å². The summed E-state index contributed by atoms with van der Waals surface area (Å²) in [7, 11) is 0. The average molecular weight is 282 g/mol. The summed E-state index contributed by atoms with van der Waals surface area (Å²) in [6.07, 6.45) is 0. The summed E-state index contributed by atoms with van der Waals surface area (Å²) < 4.78 is 5.75. The van der Waals surface area contributed by atoms with Gasteiger partial charge < -0.3 is 14.5 Å². The quantitative estimate of drug-likeness (QED) is 0.854. The molecule has 1 aliphatic rings. The molecule has 1 aliphatic heterocycles. The lowest BCUT2D eigenvalue weighted by Gasteiger charge is -2.37. The van der Waals surface area contributed by atoms with E-state index in [2.05, 4.69) is 58.3 Å². The van der Waals surface area contributed by atoms with E-state index < -0.39 is 0 Å². The minimum atomic E-state index is 0.709. The number of ether oxygens (including phenoxy) is 1. The molecule has 0 atom stereocenters. The third kappa shape index (κ3) is 3.13. The van der Waals surface area contributed by atoms with E-state index in [1.54, 1.807) is 0 Å². The van der Waals surface area contributed by atoms with Crippen molar-refractivity contribution in [3.8, 4) is 5.75 Å². The van der Waals surface area contributed by atoms with Crippen LogP contribution in [0.1, 0.15) is 6.92 Å². The fourth-order valence-corrected chi connectivity index (χ4v) is 2.84. The molecule has 2 aromatic rings. The zero-order chi connectivity index (χ0) is 14.5. The number of anilines is 2. The average Bonchev–Trinajstić information content (AvgIpc) is 2.57. The smallest absolute Gasteiger partial charge is 0.142 e. The van der Waals surface area contributed by atoms with E-state index in [0.717, 1.165) is 31.9 Å². The molecule has 0 amide bonds. The van der Waals surface area contributed by atoms with Crippen LogP contribution in [-0.4, -0.2) is 32.8 Å². The molecule has 3 rings (SSSR count). The maximum Gasteiger partial charge on any atom is 0.142 e. The Morgan fingerprint density at radius 2 is 1.43 bits per heavy atom. The van der Waals surface area contributed by atoms with Gasteiger partial charge in [0.2, 0.25) is 0 Å². The van der Waals surface area contributed by atoms with Gasteiger partial charge in [0.25, 0.3) is 0 Å². The Morgan fingerprint density at radius 3 is 2.14 bits per heavy atom. The molecule has 3 heteroatoms. The number of benzene rings is 2. The second-order valence-corrected chi connectivity index (χ2v) is 5.21. The number of hydrogen-bond donors (Lipinski definition) is 0. The molecule has 0 aromatic heterocycles. The molecule has 110 valence electrons. The fraction of sp³-hybridized carbons (Fsp3) is 0.333. The van der Waals surface area contributed by atoms with E-state index in [9.17, 15) is 0 Å².